The summed E-state index contributed by atoms with van der Waals surface area (Å²) in [5.74, 6) is 0.508. The number of aromatic nitrogens is 2. The number of fused-ring (bicyclic) bond motifs is 1. The van der Waals surface area contributed by atoms with Crippen molar-refractivity contribution in [2.45, 2.75) is 26.2 Å². The molecule has 1 aromatic heterocycles. The molecule has 0 aliphatic heterocycles. The van der Waals surface area contributed by atoms with Crippen LogP contribution in [0.4, 0.5) is 0 Å². The van der Waals surface area contributed by atoms with Crippen molar-refractivity contribution in [3.63, 3.8) is 0 Å². The molecule has 1 N–H and O–H groups in total. The molecule has 0 aliphatic rings. The number of nitrogens with one attached hydrogen (secondary N) is 1. The van der Waals surface area contributed by atoms with E-state index in [1.807, 2.05) is 0 Å². The molecule has 0 bridgehead atoms. The predicted molar refractivity (Wildman–Crippen MR) is 79.4 cm³/mol. The molecule has 3 rings (SSSR count). The van der Waals surface area contributed by atoms with Gasteiger partial charge >= 0.3 is 0 Å². The number of H-pyrrole nitrogens is 1. The highest BCUT2D eigenvalue weighted by Gasteiger charge is 2.10. The lowest BCUT2D eigenvalue weighted by Crippen LogP contribution is -1.99. The molecule has 0 saturated carbocycles. The predicted octanol–water partition coefficient (Wildman–Crippen LogP) is 4.22. The fourth-order valence-electron chi connectivity index (χ4n) is 2.63. The highest BCUT2D eigenvalue weighted by Crippen LogP contribution is 2.25. The summed E-state index contributed by atoms with van der Waals surface area (Å²) in [4.78, 5) is 7.56. The zero-order valence-corrected chi connectivity index (χ0v) is 11.4. The van der Waals surface area contributed by atoms with Crippen LogP contribution in [-0.2, 0) is 6.42 Å². The minimum atomic E-state index is 0.508. The Labute approximate surface area is 113 Å². The van der Waals surface area contributed by atoms with E-state index in [9.17, 15) is 0 Å². The van der Waals surface area contributed by atoms with Gasteiger partial charge in [0.2, 0.25) is 0 Å². The van der Waals surface area contributed by atoms with Gasteiger partial charge in [-0.05, 0) is 42.0 Å². The van der Waals surface area contributed by atoms with E-state index in [2.05, 4.69) is 66.3 Å². The van der Waals surface area contributed by atoms with Gasteiger partial charge in [0.1, 0.15) is 0 Å². The SMILES string of the molecule is Cc1cc(C(C)Cc2ccccc2)cc2[nH]cnc12. The van der Waals surface area contributed by atoms with Crippen molar-refractivity contribution < 1.29 is 0 Å². The fourth-order valence-corrected chi connectivity index (χ4v) is 2.63. The van der Waals surface area contributed by atoms with Crippen LogP contribution in [0.25, 0.3) is 11.0 Å². The summed E-state index contributed by atoms with van der Waals surface area (Å²) in [6, 6.07) is 15.1. The minimum absolute atomic E-state index is 0.508. The monoisotopic (exact) mass is 250 g/mol. The van der Waals surface area contributed by atoms with Crippen molar-refractivity contribution in [2.24, 2.45) is 0 Å². The van der Waals surface area contributed by atoms with Crippen LogP contribution >= 0.6 is 0 Å². The van der Waals surface area contributed by atoms with E-state index in [4.69, 9.17) is 0 Å². The maximum absolute atomic E-state index is 4.35. The summed E-state index contributed by atoms with van der Waals surface area (Å²) in [5, 5.41) is 0. The van der Waals surface area contributed by atoms with Crippen LogP contribution in [-0.4, -0.2) is 9.97 Å². The van der Waals surface area contributed by atoms with Crippen LogP contribution in [0.15, 0.2) is 48.8 Å². The molecule has 0 spiro atoms. The second kappa shape index (κ2) is 4.88. The van der Waals surface area contributed by atoms with E-state index >= 15 is 0 Å². The molecule has 0 saturated heterocycles. The number of hydrogen-bond donors (Lipinski definition) is 1. The average molecular weight is 250 g/mol. The molecule has 1 unspecified atom stereocenters. The topological polar surface area (TPSA) is 28.7 Å². The molecule has 2 heteroatoms. The normalized spacial score (nSPS) is 12.7. The Kier molecular flexibility index (Phi) is 3.08. The van der Waals surface area contributed by atoms with Gasteiger partial charge in [-0.25, -0.2) is 4.98 Å². The average Bonchev–Trinajstić information content (AvgIpc) is 2.88. The number of aromatic amines is 1. The summed E-state index contributed by atoms with van der Waals surface area (Å²) in [5.41, 5.74) is 6.22. The fraction of sp³-hybridized carbons (Fsp3) is 0.235. The lowest BCUT2D eigenvalue weighted by Gasteiger charge is -2.13. The molecule has 1 heterocycles. The Hall–Kier alpha value is -2.09. The van der Waals surface area contributed by atoms with E-state index in [-0.39, 0.29) is 0 Å². The van der Waals surface area contributed by atoms with Gasteiger partial charge in [-0.15, -0.1) is 0 Å². The molecule has 1 atom stereocenters. The highest BCUT2D eigenvalue weighted by atomic mass is 14.9. The van der Waals surface area contributed by atoms with Crippen LogP contribution in [0.2, 0.25) is 0 Å². The second-order valence-corrected chi connectivity index (χ2v) is 5.23. The van der Waals surface area contributed by atoms with Crippen molar-refractivity contribution in [1.29, 1.82) is 0 Å². The highest BCUT2D eigenvalue weighted by molar-refractivity contribution is 5.79. The van der Waals surface area contributed by atoms with Crippen LogP contribution < -0.4 is 0 Å². The van der Waals surface area contributed by atoms with Gasteiger partial charge in [-0.2, -0.15) is 0 Å². The third-order valence-corrected chi connectivity index (χ3v) is 3.69. The third kappa shape index (κ3) is 2.39. The van der Waals surface area contributed by atoms with Gasteiger partial charge < -0.3 is 4.98 Å². The van der Waals surface area contributed by atoms with E-state index in [1.165, 1.54) is 16.7 Å². The maximum Gasteiger partial charge on any atom is 0.0931 e. The first-order valence-electron chi connectivity index (χ1n) is 6.71. The lowest BCUT2D eigenvalue weighted by atomic mass is 9.92. The standard InChI is InChI=1S/C17H18N2/c1-12(8-14-6-4-3-5-7-14)15-9-13(2)17-16(10-15)18-11-19-17/h3-7,9-12H,8H2,1-2H3,(H,18,19). The Balaban J connectivity index is 1.91. The number of hydrogen-bond acceptors (Lipinski definition) is 1. The third-order valence-electron chi connectivity index (χ3n) is 3.69. The van der Waals surface area contributed by atoms with E-state index in [0.717, 1.165) is 17.5 Å². The molecule has 19 heavy (non-hydrogen) atoms. The van der Waals surface area contributed by atoms with E-state index in [1.54, 1.807) is 6.33 Å². The number of imidazole rings is 1. The molecule has 0 fully saturated rings. The van der Waals surface area contributed by atoms with Gasteiger partial charge in [-0.1, -0.05) is 43.3 Å². The number of aryl methyl sites for hydroxylation is 1. The van der Waals surface area contributed by atoms with Crippen LogP contribution in [0.1, 0.15) is 29.5 Å². The minimum Gasteiger partial charge on any atom is -0.345 e. The Morgan fingerprint density at radius 3 is 2.74 bits per heavy atom. The second-order valence-electron chi connectivity index (χ2n) is 5.23. The zero-order valence-electron chi connectivity index (χ0n) is 11.4. The van der Waals surface area contributed by atoms with Crippen molar-refractivity contribution in [3.05, 3.63) is 65.5 Å². The van der Waals surface area contributed by atoms with Gasteiger partial charge in [-0.3, -0.25) is 0 Å². The van der Waals surface area contributed by atoms with E-state index in [0.29, 0.717) is 5.92 Å². The first-order chi connectivity index (χ1) is 9.24. The summed E-state index contributed by atoms with van der Waals surface area (Å²) < 4.78 is 0. The molecule has 0 aliphatic carbocycles. The van der Waals surface area contributed by atoms with Crippen LogP contribution in [0.3, 0.4) is 0 Å². The summed E-state index contributed by atoms with van der Waals surface area (Å²) >= 11 is 0. The summed E-state index contributed by atoms with van der Waals surface area (Å²) in [6.45, 7) is 4.41. The summed E-state index contributed by atoms with van der Waals surface area (Å²) in [7, 11) is 0. The molecule has 0 radical (unpaired) electrons. The molecule has 0 amide bonds. The number of nitrogens with zero attached hydrogens (tertiary/aromatic N) is 1. The van der Waals surface area contributed by atoms with Crippen molar-refractivity contribution >= 4 is 11.0 Å². The first kappa shape index (κ1) is 12.0. The lowest BCUT2D eigenvalue weighted by molar-refractivity contribution is 0.759. The molecule has 2 aromatic carbocycles. The Morgan fingerprint density at radius 1 is 1.16 bits per heavy atom. The largest absolute Gasteiger partial charge is 0.345 e. The van der Waals surface area contributed by atoms with Crippen LogP contribution in [0.5, 0.6) is 0 Å². The smallest absolute Gasteiger partial charge is 0.0931 e. The number of benzene rings is 2. The van der Waals surface area contributed by atoms with Crippen molar-refractivity contribution in [1.82, 2.24) is 9.97 Å². The quantitative estimate of drug-likeness (QED) is 0.741. The Bertz CT molecular complexity index is 683. The molecule has 3 aromatic rings. The zero-order chi connectivity index (χ0) is 13.2. The summed E-state index contributed by atoms with van der Waals surface area (Å²) in [6.07, 6.45) is 2.84. The number of rotatable bonds is 3. The maximum atomic E-state index is 4.35. The first-order valence-corrected chi connectivity index (χ1v) is 6.71. The van der Waals surface area contributed by atoms with Crippen molar-refractivity contribution in [2.75, 3.05) is 0 Å². The molecular weight excluding hydrogens is 232 g/mol. The van der Waals surface area contributed by atoms with Crippen molar-refractivity contribution in [3.8, 4) is 0 Å². The molecule has 96 valence electrons. The van der Waals surface area contributed by atoms with Gasteiger partial charge in [0.15, 0.2) is 0 Å². The van der Waals surface area contributed by atoms with Crippen LogP contribution in [0, 0.1) is 6.92 Å². The molecular formula is C17H18N2. The van der Waals surface area contributed by atoms with Gasteiger partial charge in [0.05, 0.1) is 17.4 Å². The Morgan fingerprint density at radius 2 is 1.95 bits per heavy atom. The van der Waals surface area contributed by atoms with Gasteiger partial charge in [0.25, 0.3) is 0 Å². The molecule has 2 nitrogen and oxygen atoms in total. The van der Waals surface area contributed by atoms with E-state index < -0.39 is 0 Å². The van der Waals surface area contributed by atoms with Gasteiger partial charge in [0, 0.05) is 0 Å².